The predicted octanol–water partition coefficient (Wildman–Crippen LogP) is 2.87. The van der Waals surface area contributed by atoms with Crippen LogP contribution in [0, 0.1) is 0 Å². The molecule has 2 aromatic rings. The quantitative estimate of drug-likeness (QED) is 0.863. The van der Waals surface area contributed by atoms with Gasteiger partial charge in [0.2, 0.25) is 0 Å². The average molecular weight is 256 g/mol. The number of rotatable bonds is 6. The molecule has 4 nitrogen and oxygen atoms in total. The van der Waals surface area contributed by atoms with E-state index in [4.69, 9.17) is 5.73 Å². The summed E-state index contributed by atoms with van der Waals surface area (Å²) in [5.41, 5.74) is 7.51. The van der Waals surface area contributed by atoms with Crippen LogP contribution >= 0.6 is 0 Å². The number of hydrogen-bond acceptors (Lipinski definition) is 4. The number of anilines is 2. The summed E-state index contributed by atoms with van der Waals surface area (Å²) in [5.74, 6) is 0.872. The molecule has 1 heterocycles. The lowest BCUT2D eigenvalue weighted by Gasteiger charge is -2.23. The molecular weight excluding hydrogens is 236 g/mol. The lowest BCUT2D eigenvalue weighted by Crippen LogP contribution is -2.20. The number of para-hydroxylation sites is 1. The molecular formula is C15H20N4. The van der Waals surface area contributed by atoms with Gasteiger partial charge in [-0.3, -0.25) is 4.98 Å². The van der Waals surface area contributed by atoms with E-state index in [0.29, 0.717) is 6.54 Å². The topological polar surface area (TPSA) is 55.0 Å². The third kappa shape index (κ3) is 3.51. The summed E-state index contributed by atoms with van der Waals surface area (Å²) in [6, 6.07) is 10.3. The van der Waals surface area contributed by atoms with Crippen LogP contribution < -0.4 is 10.6 Å². The summed E-state index contributed by atoms with van der Waals surface area (Å²) >= 11 is 0. The Kier molecular flexibility index (Phi) is 4.86. The molecule has 0 saturated carbocycles. The Morgan fingerprint density at radius 2 is 1.89 bits per heavy atom. The fraction of sp³-hybridized carbons (Fsp3) is 0.333. The van der Waals surface area contributed by atoms with Gasteiger partial charge < -0.3 is 10.6 Å². The fourth-order valence-electron chi connectivity index (χ4n) is 1.89. The van der Waals surface area contributed by atoms with E-state index in [1.54, 1.807) is 12.4 Å². The minimum atomic E-state index is 0.424. The smallest absolute Gasteiger partial charge is 0.151 e. The molecule has 100 valence electrons. The van der Waals surface area contributed by atoms with E-state index < -0.39 is 0 Å². The SMILES string of the molecule is CCCCN(c1ccccc1)c1cnc(CN)cn1. The number of nitrogens with zero attached hydrogens (tertiary/aromatic N) is 3. The minimum Gasteiger partial charge on any atom is -0.325 e. The zero-order valence-corrected chi connectivity index (χ0v) is 11.3. The first-order valence-electron chi connectivity index (χ1n) is 6.68. The monoisotopic (exact) mass is 256 g/mol. The molecule has 0 aliphatic heterocycles. The summed E-state index contributed by atoms with van der Waals surface area (Å²) < 4.78 is 0. The highest BCUT2D eigenvalue weighted by Crippen LogP contribution is 2.22. The van der Waals surface area contributed by atoms with Gasteiger partial charge in [0.15, 0.2) is 5.82 Å². The number of hydrogen-bond donors (Lipinski definition) is 1. The van der Waals surface area contributed by atoms with Crippen LogP contribution in [-0.4, -0.2) is 16.5 Å². The summed E-state index contributed by atoms with van der Waals surface area (Å²) in [6.45, 7) is 3.55. The van der Waals surface area contributed by atoms with Crippen molar-refractivity contribution in [1.82, 2.24) is 9.97 Å². The molecule has 0 amide bonds. The molecule has 1 aromatic carbocycles. The maximum atomic E-state index is 5.55. The van der Waals surface area contributed by atoms with Gasteiger partial charge in [0, 0.05) is 18.8 Å². The van der Waals surface area contributed by atoms with Gasteiger partial charge in [-0.25, -0.2) is 4.98 Å². The largest absolute Gasteiger partial charge is 0.325 e. The van der Waals surface area contributed by atoms with Crippen molar-refractivity contribution in [1.29, 1.82) is 0 Å². The van der Waals surface area contributed by atoms with Crippen LogP contribution in [0.2, 0.25) is 0 Å². The highest BCUT2D eigenvalue weighted by molar-refractivity contribution is 5.58. The Hall–Kier alpha value is -1.94. The predicted molar refractivity (Wildman–Crippen MR) is 78.3 cm³/mol. The van der Waals surface area contributed by atoms with Crippen molar-refractivity contribution < 1.29 is 0 Å². The average Bonchev–Trinajstić information content (AvgIpc) is 2.49. The first-order chi connectivity index (χ1) is 9.35. The third-order valence-electron chi connectivity index (χ3n) is 2.98. The van der Waals surface area contributed by atoms with Crippen LogP contribution in [0.1, 0.15) is 25.5 Å². The molecule has 0 unspecified atom stereocenters. The maximum absolute atomic E-state index is 5.55. The molecule has 4 heteroatoms. The van der Waals surface area contributed by atoms with E-state index >= 15 is 0 Å². The van der Waals surface area contributed by atoms with Crippen molar-refractivity contribution in [3.8, 4) is 0 Å². The number of benzene rings is 1. The zero-order valence-electron chi connectivity index (χ0n) is 11.3. The molecule has 0 fully saturated rings. The molecule has 0 saturated heterocycles. The second-order valence-corrected chi connectivity index (χ2v) is 4.41. The Labute approximate surface area is 114 Å². The number of aromatic nitrogens is 2. The Bertz CT molecular complexity index is 481. The van der Waals surface area contributed by atoms with Crippen LogP contribution in [0.25, 0.3) is 0 Å². The van der Waals surface area contributed by atoms with E-state index in [0.717, 1.165) is 36.6 Å². The number of nitrogens with two attached hydrogens (primary N) is 1. The lowest BCUT2D eigenvalue weighted by molar-refractivity contribution is 0.776. The summed E-state index contributed by atoms with van der Waals surface area (Å²) in [5, 5.41) is 0. The molecule has 2 N–H and O–H groups in total. The minimum absolute atomic E-state index is 0.424. The Balaban J connectivity index is 2.26. The molecule has 0 bridgehead atoms. The standard InChI is InChI=1S/C15H20N4/c1-2-3-9-19(14-7-5-4-6-8-14)15-12-17-13(10-16)11-18-15/h4-8,11-12H,2-3,9-10,16H2,1H3. The molecule has 0 aliphatic carbocycles. The highest BCUT2D eigenvalue weighted by atomic mass is 15.2. The van der Waals surface area contributed by atoms with Crippen LogP contribution in [-0.2, 0) is 6.54 Å². The van der Waals surface area contributed by atoms with Gasteiger partial charge in [-0.15, -0.1) is 0 Å². The van der Waals surface area contributed by atoms with E-state index in [-0.39, 0.29) is 0 Å². The molecule has 0 radical (unpaired) electrons. The van der Waals surface area contributed by atoms with Gasteiger partial charge in [-0.1, -0.05) is 31.5 Å². The van der Waals surface area contributed by atoms with E-state index in [9.17, 15) is 0 Å². The second-order valence-electron chi connectivity index (χ2n) is 4.41. The van der Waals surface area contributed by atoms with Crippen LogP contribution in [0.5, 0.6) is 0 Å². The molecule has 0 aliphatic rings. The zero-order chi connectivity index (χ0) is 13.5. The van der Waals surface area contributed by atoms with Gasteiger partial charge in [0.05, 0.1) is 18.1 Å². The van der Waals surface area contributed by atoms with Crippen LogP contribution in [0.3, 0.4) is 0 Å². The Morgan fingerprint density at radius 1 is 1.11 bits per heavy atom. The number of unbranched alkanes of at least 4 members (excludes halogenated alkanes) is 1. The van der Waals surface area contributed by atoms with Crippen LogP contribution in [0.15, 0.2) is 42.7 Å². The second kappa shape index (κ2) is 6.85. The summed E-state index contributed by atoms with van der Waals surface area (Å²) in [4.78, 5) is 11.0. The normalized spacial score (nSPS) is 10.4. The van der Waals surface area contributed by atoms with E-state index in [1.165, 1.54) is 0 Å². The van der Waals surface area contributed by atoms with Crippen molar-refractivity contribution in [2.24, 2.45) is 5.73 Å². The molecule has 19 heavy (non-hydrogen) atoms. The van der Waals surface area contributed by atoms with Gasteiger partial charge in [0.1, 0.15) is 0 Å². The van der Waals surface area contributed by atoms with Gasteiger partial charge in [-0.05, 0) is 18.6 Å². The molecule has 1 aromatic heterocycles. The van der Waals surface area contributed by atoms with Crippen molar-refractivity contribution >= 4 is 11.5 Å². The molecule has 0 spiro atoms. The summed E-state index contributed by atoms with van der Waals surface area (Å²) in [6.07, 6.45) is 5.81. The van der Waals surface area contributed by atoms with E-state index in [1.807, 2.05) is 18.2 Å². The van der Waals surface area contributed by atoms with Gasteiger partial charge >= 0.3 is 0 Å². The molecule has 2 rings (SSSR count). The van der Waals surface area contributed by atoms with Crippen molar-refractivity contribution in [3.05, 3.63) is 48.4 Å². The highest BCUT2D eigenvalue weighted by Gasteiger charge is 2.10. The molecule has 0 atom stereocenters. The van der Waals surface area contributed by atoms with Crippen LogP contribution in [0.4, 0.5) is 11.5 Å². The van der Waals surface area contributed by atoms with Crippen molar-refractivity contribution in [2.45, 2.75) is 26.3 Å². The lowest BCUT2D eigenvalue weighted by atomic mass is 10.2. The third-order valence-corrected chi connectivity index (χ3v) is 2.98. The van der Waals surface area contributed by atoms with Gasteiger partial charge in [0.25, 0.3) is 0 Å². The van der Waals surface area contributed by atoms with Crippen molar-refractivity contribution in [2.75, 3.05) is 11.4 Å². The first-order valence-corrected chi connectivity index (χ1v) is 6.68. The fourth-order valence-corrected chi connectivity index (χ4v) is 1.89. The first kappa shape index (κ1) is 13.5. The maximum Gasteiger partial charge on any atom is 0.151 e. The van der Waals surface area contributed by atoms with E-state index in [2.05, 4.69) is 33.9 Å². The van der Waals surface area contributed by atoms with Gasteiger partial charge in [-0.2, -0.15) is 0 Å². The summed E-state index contributed by atoms with van der Waals surface area (Å²) in [7, 11) is 0. The Morgan fingerprint density at radius 3 is 2.47 bits per heavy atom. The van der Waals surface area contributed by atoms with Crippen molar-refractivity contribution in [3.63, 3.8) is 0 Å².